The molecule has 0 spiro atoms. The van der Waals surface area contributed by atoms with Crippen molar-refractivity contribution < 1.29 is 19.4 Å². The Morgan fingerprint density at radius 2 is 1.80 bits per heavy atom. The minimum absolute atomic E-state index is 0.123. The first-order valence-electron chi connectivity index (χ1n) is 6.68. The van der Waals surface area contributed by atoms with Gasteiger partial charge in [-0.05, 0) is 53.2 Å². The molecule has 1 N–H and O–H groups in total. The van der Waals surface area contributed by atoms with Crippen molar-refractivity contribution in [3.63, 3.8) is 0 Å². The number of carbonyl (C=O) groups is 2. The van der Waals surface area contributed by atoms with E-state index in [9.17, 15) is 9.59 Å². The molecule has 0 aromatic heterocycles. The maximum Gasteiger partial charge on any atom is 0.333 e. The molecule has 1 unspecified atom stereocenters. The fraction of sp³-hybridized carbons (Fsp3) is 0.600. The van der Waals surface area contributed by atoms with Crippen LogP contribution in [0.15, 0.2) is 24.3 Å². The van der Waals surface area contributed by atoms with Crippen molar-refractivity contribution in [2.24, 2.45) is 0 Å². The second-order valence-electron chi connectivity index (χ2n) is 5.17. The van der Waals surface area contributed by atoms with Gasteiger partial charge in [0.05, 0.1) is 6.10 Å². The fourth-order valence-electron chi connectivity index (χ4n) is 1.52. The molecule has 0 saturated heterocycles. The second-order valence-corrected chi connectivity index (χ2v) is 5.17. The summed E-state index contributed by atoms with van der Waals surface area (Å²) in [7, 11) is 3.94. The second kappa shape index (κ2) is 9.31. The van der Waals surface area contributed by atoms with Crippen molar-refractivity contribution in [1.82, 2.24) is 4.90 Å². The van der Waals surface area contributed by atoms with Crippen LogP contribution in [-0.4, -0.2) is 48.7 Å². The molecule has 0 aromatic rings. The van der Waals surface area contributed by atoms with Crippen LogP contribution in [0.2, 0.25) is 0 Å². The van der Waals surface area contributed by atoms with E-state index in [-0.39, 0.29) is 11.7 Å². The molecule has 0 radical (unpaired) electrons. The number of esters is 1. The Labute approximate surface area is 120 Å². The molecule has 0 aliphatic rings. The van der Waals surface area contributed by atoms with Crippen molar-refractivity contribution in [1.29, 1.82) is 0 Å². The number of carboxylic acid groups (broad SMARTS) is 1. The van der Waals surface area contributed by atoms with Crippen LogP contribution < -0.4 is 0 Å². The van der Waals surface area contributed by atoms with E-state index in [4.69, 9.17) is 9.84 Å². The fourth-order valence-corrected chi connectivity index (χ4v) is 1.52. The number of hydrogen-bond donors (Lipinski definition) is 1. The van der Waals surface area contributed by atoms with Crippen LogP contribution in [-0.2, 0) is 14.3 Å². The molecule has 0 aliphatic heterocycles. The Morgan fingerprint density at radius 3 is 2.30 bits per heavy atom. The molecule has 0 saturated carbocycles. The Bertz CT molecular complexity index is 374. The van der Waals surface area contributed by atoms with Gasteiger partial charge < -0.3 is 14.7 Å². The zero-order valence-corrected chi connectivity index (χ0v) is 12.6. The summed E-state index contributed by atoms with van der Waals surface area (Å²) in [4.78, 5) is 24.4. The van der Waals surface area contributed by atoms with Gasteiger partial charge in [-0.25, -0.2) is 9.59 Å². The number of aliphatic carboxylic acids is 1. The maximum atomic E-state index is 11.7. The first-order chi connectivity index (χ1) is 9.23. The lowest BCUT2D eigenvalue weighted by molar-refractivity contribution is -0.143. The Hall–Kier alpha value is -1.62. The minimum atomic E-state index is -1.02. The summed E-state index contributed by atoms with van der Waals surface area (Å²) in [6.07, 6.45) is 1.86. The summed E-state index contributed by atoms with van der Waals surface area (Å²) >= 11 is 0. The molecule has 1 atom stereocenters. The summed E-state index contributed by atoms with van der Waals surface area (Å²) in [5, 5.41) is 8.68. The van der Waals surface area contributed by atoms with Crippen molar-refractivity contribution in [3.8, 4) is 0 Å². The van der Waals surface area contributed by atoms with Crippen molar-refractivity contribution in [3.05, 3.63) is 24.3 Å². The Morgan fingerprint density at radius 1 is 1.20 bits per heavy atom. The molecule has 0 heterocycles. The monoisotopic (exact) mass is 283 g/mol. The smallest absolute Gasteiger partial charge is 0.333 e. The van der Waals surface area contributed by atoms with Crippen LogP contribution in [0.5, 0.6) is 0 Å². The van der Waals surface area contributed by atoms with E-state index >= 15 is 0 Å². The summed E-state index contributed by atoms with van der Waals surface area (Å²) in [5.74, 6) is -1.42. The van der Waals surface area contributed by atoms with Crippen LogP contribution in [0.1, 0.15) is 32.6 Å². The van der Waals surface area contributed by atoms with E-state index in [1.807, 2.05) is 19.0 Å². The lowest BCUT2D eigenvalue weighted by Crippen LogP contribution is -2.18. The van der Waals surface area contributed by atoms with Crippen molar-refractivity contribution >= 4 is 11.9 Å². The van der Waals surface area contributed by atoms with E-state index < -0.39 is 11.9 Å². The van der Waals surface area contributed by atoms with Crippen LogP contribution in [0.25, 0.3) is 0 Å². The van der Waals surface area contributed by atoms with Gasteiger partial charge in [-0.3, -0.25) is 0 Å². The maximum absolute atomic E-state index is 11.7. The zero-order chi connectivity index (χ0) is 15.7. The largest absolute Gasteiger partial charge is 0.478 e. The lowest BCUT2D eigenvalue weighted by Gasteiger charge is -2.15. The predicted octanol–water partition coefficient (Wildman–Crippen LogP) is 2.24. The van der Waals surface area contributed by atoms with E-state index in [1.54, 1.807) is 6.92 Å². The SMILES string of the molecule is C=C(CCC(C)OC(=O)C(=C)CCCN(C)C)C(=O)O. The highest BCUT2D eigenvalue weighted by molar-refractivity contribution is 5.87. The standard InChI is InChI=1S/C15H25NO4/c1-11(14(17)18)8-9-13(3)20-15(19)12(2)7-6-10-16(4)5/h13H,1-2,6-10H2,3-5H3,(H,17,18). The molecular formula is C15H25NO4. The summed E-state index contributed by atoms with van der Waals surface area (Å²) < 4.78 is 5.21. The third-order valence-corrected chi connectivity index (χ3v) is 2.84. The van der Waals surface area contributed by atoms with Gasteiger partial charge >= 0.3 is 11.9 Å². The van der Waals surface area contributed by atoms with E-state index in [0.29, 0.717) is 24.8 Å². The highest BCUT2D eigenvalue weighted by atomic mass is 16.5. The summed E-state index contributed by atoms with van der Waals surface area (Å²) in [6, 6.07) is 0. The van der Waals surface area contributed by atoms with Gasteiger partial charge in [-0.1, -0.05) is 13.2 Å². The molecule has 0 amide bonds. The lowest BCUT2D eigenvalue weighted by atomic mass is 10.1. The summed E-state index contributed by atoms with van der Waals surface area (Å²) in [5.41, 5.74) is 0.577. The van der Waals surface area contributed by atoms with E-state index in [0.717, 1.165) is 13.0 Å². The van der Waals surface area contributed by atoms with Crippen molar-refractivity contribution in [2.75, 3.05) is 20.6 Å². The van der Waals surface area contributed by atoms with Gasteiger partial charge in [0.25, 0.3) is 0 Å². The average molecular weight is 283 g/mol. The third kappa shape index (κ3) is 8.48. The molecule has 20 heavy (non-hydrogen) atoms. The topological polar surface area (TPSA) is 66.8 Å². The molecule has 0 aromatic carbocycles. The number of ether oxygens (including phenoxy) is 1. The van der Waals surface area contributed by atoms with Crippen LogP contribution in [0.4, 0.5) is 0 Å². The van der Waals surface area contributed by atoms with Gasteiger partial charge in [0.15, 0.2) is 0 Å². The number of rotatable bonds is 10. The first kappa shape index (κ1) is 18.4. The average Bonchev–Trinajstić information content (AvgIpc) is 2.34. The zero-order valence-electron chi connectivity index (χ0n) is 12.6. The van der Waals surface area contributed by atoms with Crippen LogP contribution in [0, 0.1) is 0 Å². The molecule has 5 heteroatoms. The Kier molecular flexibility index (Phi) is 8.56. The molecule has 114 valence electrons. The van der Waals surface area contributed by atoms with Gasteiger partial charge in [0.1, 0.15) is 0 Å². The molecule has 0 rings (SSSR count). The predicted molar refractivity (Wildman–Crippen MR) is 78.5 cm³/mol. The normalized spacial score (nSPS) is 12.0. The first-order valence-corrected chi connectivity index (χ1v) is 6.68. The molecule has 0 fully saturated rings. The molecule has 0 bridgehead atoms. The van der Waals surface area contributed by atoms with E-state index in [2.05, 4.69) is 13.2 Å². The quantitative estimate of drug-likeness (QED) is 0.492. The minimum Gasteiger partial charge on any atom is -0.478 e. The Balaban J connectivity index is 3.97. The van der Waals surface area contributed by atoms with Gasteiger partial charge in [-0.2, -0.15) is 0 Å². The number of carbonyl (C=O) groups excluding carboxylic acids is 1. The van der Waals surface area contributed by atoms with Crippen LogP contribution in [0.3, 0.4) is 0 Å². The third-order valence-electron chi connectivity index (χ3n) is 2.84. The van der Waals surface area contributed by atoms with Crippen LogP contribution >= 0.6 is 0 Å². The number of carboxylic acids is 1. The highest BCUT2D eigenvalue weighted by Gasteiger charge is 2.14. The van der Waals surface area contributed by atoms with E-state index in [1.165, 1.54) is 0 Å². The molecular weight excluding hydrogens is 258 g/mol. The van der Waals surface area contributed by atoms with Crippen molar-refractivity contribution in [2.45, 2.75) is 38.7 Å². The summed E-state index contributed by atoms with van der Waals surface area (Å²) in [6.45, 7) is 9.78. The highest BCUT2D eigenvalue weighted by Crippen LogP contribution is 2.12. The number of nitrogens with zero attached hydrogens (tertiary/aromatic N) is 1. The molecule has 5 nitrogen and oxygen atoms in total. The van der Waals surface area contributed by atoms with Gasteiger partial charge in [0, 0.05) is 11.1 Å². The molecule has 0 aliphatic carbocycles. The van der Waals surface area contributed by atoms with Gasteiger partial charge in [-0.15, -0.1) is 0 Å². The van der Waals surface area contributed by atoms with Gasteiger partial charge in [0.2, 0.25) is 0 Å². The number of hydrogen-bond acceptors (Lipinski definition) is 4.